The number of carbonyl (C=O) groups is 1. The quantitative estimate of drug-likeness (QED) is 0.517. The first-order valence-corrected chi connectivity index (χ1v) is 9.65. The summed E-state index contributed by atoms with van der Waals surface area (Å²) in [6.07, 6.45) is 4.12. The number of amides is 1. The molecule has 0 fully saturated rings. The summed E-state index contributed by atoms with van der Waals surface area (Å²) in [7, 11) is 0. The number of carbonyl (C=O) groups excluding carboxylic acids is 1. The zero-order chi connectivity index (χ0) is 19.5. The molecule has 2 N–H and O–H groups in total. The highest BCUT2D eigenvalue weighted by Crippen LogP contribution is 2.24. The highest BCUT2D eigenvalue weighted by molar-refractivity contribution is 7.93. The van der Waals surface area contributed by atoms with Crippen LogP contribution in [0.5, 0.6) is 0 Å². The highest BCUT2D eigenvalue weighted by atomic mass is 32.2. The van der Waals surface area contributed by atoms with Gasteiger partial charge in [-0.05, 0) is 36.8 Å². The third-order valence-electron chi connectivity index (χ3n) is 4.60. The van der Waals surface area contributed by atoms with Crippen LogP contribution >= 0.6 is 12.0 Å². The lowest BCUT2D eigenvalue weighted by Crippen LogP contribution is -2.32. The first kappa shape index (κ1) is 18.4. The van der Waals surface area contributed by atoms with Crippen molar-refractivity contribution in [3.05, 3.63) is 71.2 Å². The SMILES string of the molecule is Cc1cccc(NC(=O)c2ccnc(N3CCc4nc(SO)ncc4C3)c2)c1. The van der Waals surface area contributed by atoms with Crippen LogP contribution in [-0.2, 0) is 13.0 Å². The fraction of sp³-hybridized carbons (Fsp3) is 0.200. The molecule has 1 aliphatic rings. The number of benzene rings is 1. The molecular weight excluding hydrogens is 374 g/mol. The van der Waals surface area contributed by atoms with Crippen molar-refractivity contribution < 1.29 is 9.35 Å². The lowest BCUT2D eigenvalue weighted by molar-refractivity contribution is 0.102. The van der Waals surface area contributed by atoms with Gasteiger partial charge in [-0.3, -0.25) is 4.79 Å². The third kappa shape index (κ3) is 3.97. The highest BCUT2D eigenvalue weighted by Gasteiger charge is 2.20. The van der Waals surface area contributed by atoms with Gasteiger partial charge in [0.25, 0.3) is 5.91 Å². The van der Waals surface area contributed by atoms with Gasteiger partial charge in [-0.1, -0.05) is 12.1 Å². The Balaban J connectivity index is 1.51. The molecule has 0 aliphatic carbocycles. The number of anilines is 2. The van der Waals surface area contributed by atoms with Crippen LogP contribution in [0.4, 0.5) is 11.5 Å². The van der Waals surface area contributed by atoms with E-state index in [1.165, 1.54) is 0 Å². The van der Waals surface area contributed by atoms with E-state index in [2.05, 4.69) is 25.2 Å². The molecule has 2 aromatic heterocycles. The van der Waals surface area contributed by atoms with E-state index < -0.39 is 0 Å². The van der Waals surface area contributed by atoms with Gasteiger partial charge in [0, 0.05) is 48.7 Å². The summed E-state index contributed by atoms with van der Waals surface area (Å²) >= 11 is 0.553. The van der Waals surface area contributed by atoms with Gasteiger partial charge in [0.1, 0.15) is 5.82 Å². The second-order valence-corrected chi connectivity index (χ2v) is 7.16. The molecule has 8 heteroatoms. The number of hydrogen-bond donors (Lipinski definition) is 2. The molecule has 1 amide bonds. The van der Waals surface area contributed by atoms with Crippen molar-refractivity contribution in [3.8, 4) is 0 Å². The Bertz CT molecular complexity index is 1030. The normalized spacial score (nSPS) is 13.1. The Kier molecular flexibility index (Phi) is 5.23. The van der Waals surface area contributed by atoms with Gasteiger partial charge in [0.15, 0.2) is 0 Å². The molecule has 0 radical (unpaired) electrons. The Morgan fingerprint density at radius 1 is 1.25 bits per heavy atom. The lowest BCUT2D eigenvalue weighted by atomic mass is 10.1. The Morgan fingerprint density at radius 3 is 2.96 bits per heavy atom. The summed E-state index contributed by atoms with van der Waals surface area (Å²) < 4.78 is 9.11. The van der Waals surface area contributed by atoms with E-state index in [0.29, 0.717) is 29.3 Å². The van der Waals surface area contributed by atoms with Crippen molar-refractivity contribution in [3.63, 3.8) is 0 Å². The van der Waals surface area contributed by atoms with Gasteiger partial charge < -0.3 is 14.8 Å². The second kappa shape index (κ2) is 7.95. The van der Waals surface area contributed by atoms with Crippen molar-refractivity contribution >= 4 is 29.5 Å². The minimum Gasteiger partial charge on any atom is -0.352 e. The molecule has 0 bridgehead atoms. The van der Waals surface area contributed by atoms with Gasteiger partial charge >= 0.3 is 0 Å². The monoisotopic (exact) mass is 393 g/mol. The number of aromatic nitrogens is 3. The lowest BCUT2D eigenvalue weighted by Gasteiger charge is -2.29. The summed E-state index contributed by atoms with van der Waals surface area (Å²) in [5, 5.41) is 3.29. The number of rotatable bonds is 4. The first-order chi connectivity index (χ1) is 13.6. The third-order valence-corrected chi connectivity index (χ3v) is 4.96. The van der Waals surface area contributed by atoms with Crippen LogP contribution in [0.25, 0.3) is 0 Å². The maximum Gasteiger partial charge on any atom is 0.255 e. The minimum atomic E-state index is -0.167. The fourth-order valence-electron chi connectivity index (χ4n) is 3.20. The molecule has 4 rings (SSSR count). The molecule has 3 heterocycles. The van der Waals surface area contributed by atoms with Gasteiger partial charge in [-0.25, -0.2) is 15.0 Å². The maximum absolute atomic E-state index is 12.6. The molecule has 0 atom stereocenters. The summed E-state index contributed by atoms with van der Waals surface area (Å²) in [5.74, 6) is 0.572. The van der Waals surface area contributed by atoms with E-state index in [1.807, 2.05) is 31.2 Å². The number of fused-ring (bicyclic) bond motifs is 1. The summed E-state index contributed by atoms with van der Waals surface area (Å²) in [6, 6.07) is 11.2. The van der Waals surface area contributed by atoms with Crippen LogP contribution in [0.1, 0.15) is 27.2 Å². The van der Waals surface area contributed by atoms with Crippen LogP contribution in [0, 0.1) is 6.92 Å². The largest absolute Gasteiger partial charge is 0.352 e. The minimum absolute atomic E-state index is 0.167. The zero-order valence-electron chi connectivity index (χ0n) is 15.3. The predicted molar refractivity (Wildman–Crippen MR) is 109 cm³/mol. The van der Waals surface area contributed by atoms with E-state index >= 15 is 0 Å². The molecular formula is C20H19N5O2S. The molecule has 3 aromatic rings. The second-order valence-electron chi connectivity index (χ2n) is 6.61. The number of pyridine rings is 1. The Morgan fingerprint density at radius 2 is 2.14 bits per heavy atom. The van der Waals surface area contributed by atoms with Crippen LogP contribution in [-0.4, -0.2) is 32.0 Å². The van der Waals surface area contributed by atoms with Crippen molar-refractivity contribution in [2.75, 3.05) is 16.8 Å². The summed E-state index contributed by atoms with van der Waals surface area (Å²) in [5.41, 5.74) is 4.35. The number of aryl methyl sites for hydroxylation is 1. The maximum atomic E-state index is 12.6. The average molecular weight is 393 g/mol. The topological polar surface area (TPSA) is 91.2 Å². The number of nitrogens with zero attached hydrogens (tertiary/aromatic N) is 4. The van der Waals surface area contributed by atoms with Crippen molar-refractivity contribution in [1.29, 1.82) is 0 Å². The van der Waals surface area contributed by atoms with Crippen molar-refractivity contribution in [1.82, 2.24) is 15.0 Å². The van der Waals surface area contributed by atoms with Gasteiger partial charge in [-0.2, -0.15) is 0 Å². The smallest absolute Gasteiger partial charge is 0.255 e. The molecule has 1 aliphatic heterocycles. The molecule has 0 saturated heterocycles. The standard InChI is InChI=1S/C20H19N5O2S/c1-13-3-2-4-16(9-13)23-19(26)14-5-7-21-18(10-14)25-8-6-17-15(12-25)11-22-20(24-17)28-27/h2-5,7,9-11,27H,6,8,12H2,1H3,(H,23,26). The van der Waals surface area contributed by atoms with Crippen LogP contribution < -0.4 is 10.2 Å². The van der Waals surface area contributed by atoms with E-state index in [0.717, 1.165) is 41.3 Å². The molecule has 28 heavy (non-hydrogen) atoms. The van der Waals surface area contributed by atoms with Gasteiger partial charge in [-0.15, -0.1) is 0 Å². The van der Waals surface area contributed by atoms with Crippen LogP contribution in [0.15, 0.2) is 53.9 Å². The van der Waals surface area contributed by atoms with E-state index in [9.17, 15) is 4.79 Å². The average Bonchev–Trinajstić information content (AvgIpc) is 2.73. The van der Waals surface area contributed by atoms with E-state index in [-0.39, 0.29) is 5.91 Å². The van der Waals surface area contributed by atoms with E-state index in [1.54, 1.807) is 24.5 Å². The van der Waals surface area contributed by atoms with Gasteiger partial charge in [0.2, 0.25) is 5.16 Å². The molecule has 0 saturated carbocycles. The molecule has 142 valence electrons. The summed E-state index contributed by atoms with van der Waals surface area (Å²) in [6.45, 7) is 3.33. The van der Waals surface area contributed by atoms with Crippen LogP contribution in [0.3, 0.4) is 0 Å². The molecule has 0 unspecified atom stereocenters. The summed E-state index contributed by atoms with van der Waals surface area (Å²) in [4.78, 5) is 27.6. The number of hydrogen-bond acceptors (Lipinski definition) is 7. The zero-order valence-corrected chi connectivity index (χ0v) is 16.1. The number of nitrogens with one attached hydrogen (secondary N) is 1. The molecule has 1 aromatic carbocycles. The molecule has 0 spiro atoms. The Labute approximate surface area is 167 Å². The van der Waals surface area contributed by atoms with Gasteiger partial charge in [0.05, 0.1) is 17.7 Å². The predicted octanol–water partition coefficient (Wildman–Crippen LogP) is 3.56. The Hall–Kier alpha value is -2.97. The first-order valence-electron chi connectivity index (χ1n) is 8.87. The van der Waals surface area contributed by atoms with E-state index in [4.69, 9.17) is 4.55 Å². The van der Waals surface area contributed by atoms with Crippen LogP contribution in [0.2, 0.25) is 0 Å². The molecule has 7 nitrogen and oxygen atoms in total. The fourth-order valence-corrected chi connectivity index (χ4v) is 3.45. The van der Waals surface area contributed by atoms with Crippen molar-refractivity contribution in [2.24, 2.45) is 0 Å². The van der Waals surface area contributed by atoms with Crippen molar-refractivity contribution in [2.45, 2.75) is 25.0 Å².